The molecule has 2 aromatic heterocycles. The number of aryl methyl sites for hydroxylation is 4. The fourth-order valence-electron chi connectivity index (χ4n) is 3.08. The lowest BCUT2D eigenvalue weighted by Gasteiger charge is -2.12. The van der Waals surface area contributed by atoms with E-state index in [-0.39, 0.29) is 12.4 Å². The summed E-state index contributed by atoms with van der Waals surface area (Å²) in [7, 11) is 1.56. The Hall–Kier alpha value is -2.71. The third kappa shape index (κ3) is 4.01. The van der Waals surface area contributed by atoms with Gasteiger partial charge in [0.05, 0.1) is 28.8 Å². The van der Waals surface area contributed by atoms with Gasteiger partial charge in [-0.1, -0.05) is 6.07 Å². The molecule has 0 unspecified atom stereocenters. The second-order valence-corrected chi connectivity index (χ2v) is 6.42. The van der Waals surface area contributed by atoms with Crippen LogP contribution in [0.1, 0.15) is 23.7 Å². The van der Waals surface area contributed by atoms with Crippen molar-refractivity contribution in [1.82, 2.24) is 19.3 Å². The topological polar surface area (TPSA) is 56.9 Å². The number of fused-ring (bicyclic) bond motifs is 1. The maximum Gasteiger partial charge on any atom is 0.422 e. The monoisotopic (exact) mass is 381 g/mol. The number of hydrogen-bond donors (Lipinski definition) is 1. The number of nitrogens with zero attached hydrogens (tertiary/aromatic N) is 4. The maximum absolute atomic E-state index is 12.5. The van der Waals surface area contributed by atoms with E-state index < -0.39 is 12.8 Å². The summed E-state index contributed by atoms with van der Waals surface area (Å²) in [5.74, 6) is 0.760. The van der Waals surface area contributed by atoms with Crippen LogP contribution in [0.3, 0.4) is 0 Å². The maximum atomic E-state index is 12.5. The highest BCUT2D eigenvalue weighted by Gasteiger charge is 2.30. The van der Waals surface area contributed by atoms with E-state index >= 15 is 0 Å². The summed E-state index contributed by atoms with van der Waals surface area (Å²) in [6.07, 6.45) is -4.41. The summed E-state index contributed by atoms with van der Waals surface area (Å²) in [6, 6.07) is 6.04. The normalized spacial score (nSPS) is 12.0. The van der Waals surface area contributed by atoms with Crippen molar-refractivity contribution in [3.63, 3.8) is 0 Å². The third-order valence-corrected chi connectivity index (χ3v) is 4.30. The number of alkyl halides is 3. The summed E-state index contributed by atoms with van der Waals surface area (Å²) in [5.41, 5.74) is 4.17. The molecule has 0 aliphatic carbocycles. The van der Waals surface area contributed by atoms with Crippen LogP contribution in [0.15, 0.2) is 18.2 Å². The molecule has 9 heteroatoms. The molecule has 1 aromatic carbocycles. The van der Waals surface area contributed by atoms with E-state index in [1.165, 1.54) is 4.68 Å². The first-order chi connectivity index (χ1) is 12.7. The number of hydrogen-bond acceptors (Lipinski definition) is 4. The Labute approximate surface area is 154 Å². The highest BCUT2D eigenvalue weighted by atomic mass is 19.4. The fraction of sp³-hybridized carbons (Fsp3) is 0.444. The number of benzene rings is 1. The Balaban J connectivity index is 1.86. The van der Waals surface area contributed by atoms with Crippen LogP contribution in [0.2, 0.25) is 0 Å². The zero-order valence-corrected chi connectivity index (χ0v) is 15.7. The van der Waals surface area contributed by atoms with Gasteiger partial charge < -0.3 is 14.6 Å². The molecular formula is C18H22F3N5O. The lowest BCUT2D eigenvalue weighted by Crippen LogP contribution is -2.21. The molecule has 0 fully saturated rings. The van der Waals surface area contributed by atoms with E-state index in [9.17, 15) is 13.2 Å². The van der Waals surface area contributed by atoms with Crippen LogP contribution in [0.5, 0.6) is 5.88 Å². The van der Waals surface area contributed by atoms with Gasteiger partial charge in [-0.3, -0.25) is 0 Å². The van der Waals surface area contributed by atoms with Crippen LogP contribution >= 0.6 is 0 Å². The van der Waals surface area contributed by atoms with Crippen molar-refractivity contribution in [2.75, 3.05) is 11.9 Å². The third-order valence-electron chi connectivity index (χ3n) is 4.30. The molecule has 6 nitrogen and oxygen atoms in total. The van der Waals surface area contributed by atoms with Crippen LogP contribution in [0.4, 0.5) is 19.1 Å². The van der Waals surface area contributed by atoms with Gasteiger partial charge in [-0.05, 0) is 38.5 Å². The zero-order chi connectivity index (χ0) is 19.8. The predicted octanol–water partition coefficient (Wildman–Crippen LogP) is 3.96. The molecule has 3 rings (SSSR count). The van der Waals surface area contributed by atoms with E-state index in [4.69, 9.17) is 4.74 Å². The van der Waals surface area contributed by atoms with Gasteiger partial charge in [0, 0.05) is 13.6 Å². The minimum Gasteiger partial charge on any atom is -0.468 e. The zero-order valence-electron chi connectivity index (χ0n) is 15.7. The first-order valence-electron chi connectivity index (χ1n) is 8.62. The number of halogens is 3. The lowest BCUT2D eigenvalue weighted by atomic mass is 10.2. The predicted molar refractivity (Wildman–Crippen MR) is 97.0 cm³/mol. The fourth-order valence-corrected chi connectivity index (χ4v) is 3.08. The molecule has 0 bridgehead atoms. The first kappa shape index (κ1) is 19.1. The number of aromatic nitrogens is 4. The minimum atomic E-state index is -4.41. The highest BCUT2D eigenvalue weighted by Crippen LogP contribution is 2.26. The smallest absolute Gasteiger partial charge is 0.422 e. The average molecular weight is 381 g/mol. The molecule has 27 heavy (non-hydrogen) atoms. The molecule has 2 heterocycles. The van der Waals surface area contributed by atoms with Crippen molar-refractivity contribution in [3.8, 4) is 5.88 Å². The van der Waals surface area contributed by atoms with Gasteiger partial charge in [0.25, 0.3) is 0 Å². The second-order valence-electron chi connectivity index (χ2n) is 6.42. The van der Waals surface area contributed by atoms with E-state index in [1.807, 2.05) is 36.6 Å². The van der Waals surface area contributed by atoms with Crippen molar-refractivity contribution >= 4 is 17.0 Å². The van der Waals surface area contributed by atoms with E-state index in [2.05, 4.69) is 15.4 Å². The molecule has 1 N–H and O–H groups in total. The van der Waals surface area contributed by atoms with Gasteiger partial charge >= 0.3 is 6.18 Å². The number of anilines is 1. The van der Waals surface area contributed by atoms with Gasteiger partial charge in [0.15, 0.2) is 6.61 Å². The first-order valence-corrected chi connectivity index (χ1v) is 8.62. The second kappa shape index (κ2) is 7.13. The summed E-state index contributed by atoms with van der Waals surface area (Å²) >= 11 is 0. The molecule has 146 valence electrons. The summed E-state index contributed by atoms with van der Waals surface area (Å²) in [4.78, 5) is 4.61. The number of rotatable bonds is 6. The van der Waals surface area contributed by atoms with Crippen LogP contribution in [0, 0.1) is 13.8 Å². The Morgan fingerprint density at radius 1 is 1.22 bits per heavy atom. The van der Waals surface area contributed by atoms with Crippen molar-refractivity contribution < 1.29 is 17.9 Å². The standard InChI is InChI=1S/C18H22F3N5O/c1-5-26-15-7-6-11(2)8-14(15)23-17(26)22-9-13-12(3)24-25(4)16(13)27-10-18(19,20)21/h6-8H,5,9-10H2,1-4H3,(H,22,23). The number of ether oxygens (including phenoxy) is 1. The highest BCUT2D eigenvalue weighted by molar-refractivity contribution is 5.79. The van der Waals surface area contributed by atoms with Crippen LogP contribution in [0.25, 0.3) is 11.0 Å². The Bertz CT molecular complexity index is 958. The molecule has 0 atom stereocenters. The summed E-state index contributed by atoms with van der Waals surface area (Å²) < 4.78 is 45.9. The van der Waals surface area contributed by atoms with Crippen molar-refractivity contribution in [2.24, 2.45) is 7.05 Å². The van der Waals surface area contributed by atoms with Gasteiger partial charge in [-0.15, -0.1) is 0 Å². The SMILES string of the molecule is CCn1c(NCc2c(C)nn(C)c2OCC(F)(F)F)nc2cc(C)ccc21. The van der Waals surface area contributed by atoms with Crippen LogP contribution < -0.4 is 10.1 Å². The quantitative estimate of drug-likeness (QED) is 0.702. The molecule has 0 aliphatic heterocycles. The van der Waals surface area contributed by atoms with Crippen molar-refractivity contribution in [2.45, 2.75) is 40.0 Å². The molecule has 0 amide bonds. The van der Waals surface area contributed by atoms with Gasteiger partial charge in [0.2, 0.25) is 11.8 Å². The molecule has 0 saturated carbocycles. The van der Waals surface area contributed by atoms with Crippen molar-refractivity contribution in [3.05, 3.63) is 35.0 Å². The van der Waals surface area contributed by atoms with Gasteiger partial charge in [-0.25, -0.2) is 9.67 Å². The Morgan fingerprint density at radius 2 is 1.96 bits per heavy atom. The molecule has 3 aromatic rings. The Morgan fingerprint density at radius 3 is 2.63 bits per heavy atom. The number of imidazole rings is 1. The van der Waals surface area contributed by atoms with E-state index in [0.717, 1.165) is 16.6 Å². The van der Waals surface area contributed by atoms with Crippen LogP contribution in [-0.2, 0) is 20.1 Å². The molecule has 0 aliphatic rings. The van der Waals surface area contributed by atoms with Crippen molar-refractivity contribution in [1.29, 1.82) is 0 Å². The van der Waals surface area contributed by atoms with Gasteiger partial charge in [0.1, 0.15) is 0 Å². The van der Waals surface area contributed by atoms with Crippen LogP contribution in [-0.4, -0.2) is 32.1 Å². The van der Waals surface area contributed by atoms with Gasteiger partial charge in [-0.2, -0.15) is 18.3 Å². The molecule has 0 saturated heterocycles. The van der Waals surface area contributed by atoms with E-state index in [0.29, 0.717) is 23.8 Å². The summed E-state index contributed by atoms with van der Waals surface area (Å²) in [6.45, 7) is 5.37. The number of nitrogens with one attached hydrogen (secondary N) is 1. The summed E-state index contributed by atoms with van der Waals surface area (Å²) in [5, 5.41) is 7.40. The van der Waals surface area contributed by atoms with E-state index in [1.54, 1.807) is 14.0 Å². The largest absolute Gasteiger partial charge is 0.468 e. The minimum absolute atomic E-state index is 0.104. The average Bonchev–Trinajstić information content (AvgIpc) is 3.05. The lowest BCUT2D eigenvalue weighted by molar-refractivity contribution is -0.154. The molecule has 0 radical (unpaired) electrons. The molecule has 0 spiro atoms. The Kier molecular flexibility index (Phi) is 5.03. The molecular weight excluding hydrogens is 359 g/mol.